The molecule has 0 bridgehead atoms. The third-order valence-corrected chi connectivity index (χ3v) is 1.95. The SMILES string of the molecule is N/C=C(/CCCO)c1ccccc1. The van der Waals surface area contributed by atoms with Gasteiger partial charge in [-0.2, -0.15) is 0 Å². The molecule has 1 rings (SSSR count). The molecule has 2 nitrogen and oxygen atoms in total. The summed E-state index contributed by atoms with van der Waals surface area (Å²) in [6, 6.07) is 9.99. The molecule has 2 heteroatoms. The van der Waals surface area contributed by atoms with E-state index in [0.29, 0.717) is 0 Å². The summed E-state index contributed by atoms with van der Waals surface area (Å²) in [5.74, 6) is 0. The van der Waals surface area contributed by atoms with Gasteiger partial charge in [0.25, 0.3) is 0 Å². The van der Waals surface area contributed by atoms with Crippen LogP contribution in [0.25, 0.3) is 5.57 Å². The maximum Gasteiger partial charge on any atom is 0.0434 e. The number of aliphatic hydroxyl groups is 1. The maximum absolute atomic E-state index is 8.69. The van der Waals surface area contributed by atoms with Crippen molar-refractivity contribution in [1.29, 1.82) is 0 Å². The van der Waals surface area contributed by atoms with Crippen LogP contribution in [0, 0.1) is 0 Å². The highest BCUT2D eigenvalue weighted by Crippen LogP contribution is 2.17. The summed E-state index contributed by atoms with van der Waals surface area (Å²) in [6.07, 6.45) is 3.21. The van der Waals surface area contributed by atoms with E-state index in [0.717, 1.165) is 24.0 Å². The molecule has 0 heterocycles. The molecule has 3 N–H and O–H groups in total. The van der Waals surface area contributed by atoms with Crippen LogP contribution < -0.4 is 5.73 Å². The third-order valence-electron chi connectivity index (χ3n) is 1.95. The van der Waals surface area contributed by atoms with Gasteiger partial charge in [0.15, 0.2) is 0 Å². The molecule has 0 aliphatic heterocycles. The highest BCUT2D eigenvalue weighted by Gasteiger charge is 1.98. The average Bonchev–Trinajstić information content (AvgIpc) is 2.21. The van der Waals surface area contributed by atoms with Crippen molar-refractivity contribution in [2.45, 2.75) is 12.8 Å². The predicted molar refractivity (Wildman–Crippen MR) is 54.9 cm³/mol. The molecule has 70 valence electrons. The van der Waals surface area contributed by atoms with Crippen LogP contribution in [0.4, 0.5) is 0 Å². The first kappa shape index (κ1) is 9.81. The largest absolute Gasteiger partial charge is 0.404 e. The minimum absolute atomic E-state index is 0.212. The summed E-state index contributed by atoms with van der Waals surface area (Å²) in [5, 5.41) is 8.69. The third kappa shape index (κ3) is 2.92. The van der Waals surface area contributed by atoms with Gasteiger partial charge in [-0.25, -0.2) is 0 Å². The first-order chi connectivity index (χ1) is 6.38. The average molecular weight is 177 g/mol. The van der Waals surface area contributed by atoms with Gasteiger partial charge in [0.05, 0.1) is 0 Å². The Morgan fingerprint density at radius 1 is 1.31 bits per heavy atom. The molecule has 1 aromatic rings. The summed E-state index contributed by atoms with van der Waals surface area (Å²) < 4.78 is 0. The minimum atomic E-state index is 0.212. The van der Waals surface area contributed by atoms with E-state index in [1.165, 1.54) is 0 Å². The first-order valence-corrected chi connectivity index (χ1v) is 4.45. The molecule has 0 atom stereocenters. The zero-order chi connectivity index (χ0) is 9.52. The van der Waals surface area contributed by atoms with Crippen molar-refractivity contribution in [3.63, 3.8) is 0 Å². The normalized spacial score (nSPS) is 11.6. The fourth-order valence-electron chi connectivity index (χ4n) is 1.25. The zero-order valence-electron chi connectivity index (χ0n) is 7.61. The number of allylic oxidation sites excluding steroid dienone is 1. The standard InChI is InChI=1S/C11H15NO/c12-9-11(7-4-8-13)10-5-2-1-3-6-10/h1-3,5-6,9,13H,4,7-8,12H2/b11-9-. The van der Waals surface area contributed by atoms with E-state index in [9.17, 15) is 0 Å². The van der Waals surface area contributed by atoms with Crippen molar-refractivity contribution >= 4 is 5.57 Å². The second kappa shape index (κ2) is 5.38. The van der Waals surface area contributed by atoms with Crippen LogP contribution in [0.2, 0.25) is 0 Å². The van der Waals surface area contributed by atoms with Gasteiger partial charge in [-0.05, 0) is 30.2 Å². The lowest BCUT2D eigenvalue weighted by Gasteiger charge is -2.04. The van der Waals surface area contributed by atoms with Gasteiger partial charge < -0.3 is 10.8 Å². The quantitative estimate of drug-likeness (QED) is 0.736. The van der Waals surface area contributed by atoms with E-state index in [4.69, 9.17) is 10.8 Å². The van der Waals surface area contributed by atoms with Gasteiger partial charge in [-0.15, -0.1) is 0 Å². The van der Waals surface area contributed by atoms with Gasteiger partial charge in [0, 0.05) is 6.61 Å². The van der Waals surface area contributed by atoms with E-state index < -0.39 is 0 Å². The van der Waals surface area contributed by atoms with Crippen molar-refractivity contribution in [3.8, 4) is 0 Å². The Kier molecular flexibility index (Phi) is 4.06. The molecule has 13 heavy (non-hydrogen) atoms. The number of rotatable bonds is 4. The van der Waals surface area contributed by atoms with Gasteiger partial charge >= 0.3 is 0 Å². The van der Waals surface area contributed by atoms with Crippen molar-refractivity contribution in [2.24, 2.45) is 5.73 Å². The Bertz CT molecular complexity index is 267. The molecule has 0 aliphatic carbocycles. The number of aliphatic hydroxyl groups excluding tert-OH is 1. The van der Waals surface area contributed by atoms with E-state index in [1.54, 1.807) is 6.20 Å². The lowest BCUT2D eigenvalue weighted by Crippen LogP contribution is -1.92. The Morgan fingerprint density at radius 2 is 2.00 bits per heavy atom. The van der Waals surface area contributed by atoms with E-state index in [2.05, 4.69) is 0 Å². The number of nitrogens with two attached hydrogens (primary N) is 1. The van der Waals surface area contributed by atoms with Crippen LogP contribution in [0.15, 0.2) is 36.5 Å². The molecular weight excluding hydrogens is 162 g/mol. The summed E-state index contributed by atoms with van der Waals surface area (Å²) >= 11 is 0. The minimum Gasteiger partial charge on any atom is -0.404 e. The van der Waals surface area contributed by atoms with E-state index in [1.807, 2.05) is 30.3 Å². The summed E-state index contributed by atoms with van der Waals surface area (Å²) in [6.45, 7) is 0.212. The van der Waals surface area contributed by atoms with Crippen LogP contribution >= 0.6 is 0 Å². The number of hydrogen-bond donors (Lipinski definition) is 2. The molecule has 0 radical (unpaired) electrons. The monoisotopic (exact) mass is 177 g/mol. The van der Waals surface area contributed by atoms with Crippen molar-refractivity contribution in [3.05, 3.63) is 42.1 Å². The maximum atomic E-state index is 8.69. The Balaban J connectivity index is 2.69. The van der Waals surface area contributed by atoms with Crippen molar-refractivity contribution in [2.75, 3.05) is 6.61 Å². The lowest BCUT2D eigenvalue weighted by molar-refractivity contribution is 0.290. The van der Waals surface area contributed by atoms with Gasteiger partial charge in [0.2, 0.25) is 0 Å². The van der Waals surface area contributed by atoms with Crippen LogP contribution in [0.1, 0.15) is 18.4 Å². The summed E-state index contributed by atoms with van der Waals surface area (Å²) in [4.78, 5) is 0. The highest BCUT2D eigenvalue weighted by atomic mass is 16.2. The van der Waals surface area contributed by atoms with Gasteiger partial charge in [-0.3, -0.25) is 0 Å². The second-order valence-corrected chi connectivity index (χ2v) is 2.89. The number of benzene rings is 1. The topological polar surface area (TPSA) is 46.2 Å². The summed E-state index contributed by atoms with van der Waals surface area (Å²) in [7, 11) is 0. The van der Waals surface area contributed by atoms with Crippen LogP contribution in [0.5, 0.6) is 0 Å². The molecule has 0 aliphatic rings. The van der Waals surface area contributed by atoms with E-state index in [-0.39, 0.29) is 6.61 Å². The smallest absolute Gasteiger partial charge is 0.0434 e. The fourth-order valence-corrected chi connectivity index (χ4v) is 1.25. The van der Waals surface area contributed by atoms with E-state index >= 15 is 0 Å². The van der Waals surface area contributed by atoms with Crippen LogP contribution in [-0.4, -0.2) is 11.7 Å². The lowest BCUT2D eigenvalue weighted by atomic mass is 10.0. The zero-order valence-corrected chi connectivity index (χ0v) is 7.61. The molecule has 0 saturated carbocycles. The fraction of sp³-hybridized carbons (Fsp3) is 0.273. The van der Waals surface area contributed by atoms with Crippen molar-refractivity contribution < 1.29 is 5.11 Å². The molecule has 0 spiro atoms. The van der Waals surface area contributed by atoms with Crippen molar-refractivity contribution in [1.82, 2.24) is 0 Å². The molecule has 0 saturated heterocycles. The molecule has 0 aromatic heterocycles. The predicted octanol–water partition coefficient (Wildman–Crippen LogP) is 1.76. The van der Waals surface area contributed by atoms with Crippen LogP contribution in [0.3, 0.4) is 0 Å². The molecule has 1 aromatic carbocycles. The van der Waals surface area contributed by atoms with Crippen LogP contribution in [-0.2, 0) is 0 Å². The Morgan fingerprint density at radius 3 is 2.54 bits per heavy atom. The molecule has 0 fully saturated rings. The molecular formula is C11H15NO. The molecule has 0 unspecified atom stereocenters. The molecule has 0 amide bonds. The Hall–Kier alpha value is -1.28. The highest BCUT2D eigenvalue weighted by molar-refractivity contribution is 5.64. The number of hydrogen-bond acceptors (Lipinski definition) is 2. The second-order valence-electron chi connectivity index (χ2n) is 2.89. The summed E-state index contributed by atoms with van der Waals surface area (Å²) in [5.41, 5.74) is 7.73. The van der Waals surface area contributed by atoms with Gasteiger partial charge in [0.1, 0.15) is 0 Å². The van der Waals surface area contributed by atoms with Gasteiger partial charge in [-0.1, -0.05) is 30.3 Å². The Labute approximate surface area is 78.7 Å². The first-order valence-electron chi connectivity index (χ1n) is 4.45.